The summed E-state index contributed by atoms with van der Waals surface area (Å²) in [5.74, 6) is 2.13. The van der Waals surface area contributed by atoms with E-state index in [2.05, 4.69) is 36.3 Å². The van der Waals surface area contributed by atoms with Crippen LogP contribution >= 0.6 is 11.6 Å². The van der Waals surface area contributed by atoms with Gasteiger partial charge in [-0.3, -0.25) is 4.79 Å². The van der Waals surface area contributed by atoms with Crippen molar-refractivity contribution in [2.24, 2.45) is 23.2 Å². The lowest BCUT2D eigenvalue weighted by Crippen LogP contribution is -2.58. The summed E-state index contributed by atoms with van der Waals surface area (Å²) in [6.45, 7) is 7.05. The summed E-state index contributed by atoms with van der Waals surface area (Å²) in [4.78, 5) is 11.4. The minimum absolute atomic E-state index is 0.209. The van der Waals surface area contributed by atoms with E-state index in [4.69, 9.17) is 11.6 Å². The molecule has 104 valence electrons. The number of rotatable bonds is 2. The highest BCUT2D eigenvalue weighted by atomic mass is 35.5. The number of aromatic amines is 1. The number of anilines is 1. The van der Waals surface area contributed by atoms with Gasteiger partial charge in [-0.1, -0.05) is 32.4 Å². The third-order valence-electron chi connectivity index (χ3n) is 5.49. The molecule has 3 aliphatic carbocycles. The number of halogens is 1. The van der Waals surface area contributed by atoms with Crippen molar-refractivity contribution >= 4 is 17.3 Å². The van der Waals surface area contributed by atoms with Gasteiger partial charge >= 0.3 is 0 Å². The van der Waals surface area contributed by atoms with Gasteiger partial charge in [-0.05, 0) is 36.0 Å². The Morgan fingerprint density at radius 2 is 2.21 bits per heavy atom. The lowest BCUT2D eigenvalue weighted by molar-refractivity contribution is -0.105. The van der Waals surface area contributed by atoms with E-state index in [1.807, 2.05) is 0 Å². The number of nitrogens with zero attached hydrogens (tertiary/aromatic N) is 1. The largest absolute Gasteiger partial charge is 0.379 e. The summed E-state index contributed by atoms with van der Waals surface area (Å²) in [5, 5.41) is 9.78. The minimum Gasteiger partial charge on any atom is -0.379 e. The van der Waals surface area contributed by atoms with E-state index in [1.165, 1.54) is 6.42 Å². The summed E-state index contributed by atoms with van der Waals surface area (Å²) < 4.78 is 0. The van der Waals surface area contributed by atoms with Gasteiger partial charge in [-0.2, -0.15) is 5.10 Å². The van der Waals surface area contributed by atoms with Crippen LogP contribution in [0.25, 0.3) is 0 Å². The monoisotopic (exact) mass is 281 g/mol. The van der Waals surface area contributed by atoms with Crippen molar-refractivity contribution < 1.29 is 0 Å². The van der Waals surface area contributed by atoms with Crippen LogP contribution in [0.2, 0.25) is 5.02 Å². The Balaban J connectivity index is 1.79. The normalized spacial score (nSPS) is 35.6. The zero-order chi connectivity index (χ0) is 13.8. The van der Waals surface area contributed by atoms with E-state index in [0.717, 1.165) is 18.3 Å². The number of hydrogen-bond acceptors (Lipinski definition) is 3. The highest BCUT2D eigenvalue weighted by Crippen LogP contribution is 2.61. The Labute approximate surface area is 117 Å². The third kappa shape index (κ3) is 1.88. The van der Waals surface area contributed by atoms with Gasteiger partial charge in [0.15, 0.2) is 0 Å². The Kier molecular flexibility index (Phi) is 2.89. The molecule has 3 saturated carbocycles. The lowest BCUT2D eigenvalue weighted by Gasteiger charge is -2.62. The smallest absolute Gasteiger partial charge is 0.285 e. The van der Waals surface area contributed by atoms with Crippen LogP contribution in [0, 0.1) is 23.2 Å². The van der Waals surface area contributed by atoms with Gasteiger partial charge in [0, 0.05) is 6.04 Å². The molecule has 0 aromatic carbocycles. The van der Waals surface area contributed by atoms with Gasteiger partial charge in [-0.15, -0.1) is 0 Å². The molecule has 0 saturated heterocycles. The fourth-order valence-corrected chi connectivity index (χ4v) is 4.17. The van der Waals surface area contributed by atoms with Gasteiger partial charge in [0.2, 0.25) is 0 Å². The molecular weight excluding hydrogens is 262 g/mol. The first-order chi connectivity index (χ1) is 8.91. The Morgan fingerprint density at radius 3 is 2.84 bits per heavy atom. The topological polar surface area (TPSA) is 57.8 Å². The summed E-state index contributed by atoms with van der Waals surface area (Å²) in [6, 6.07) is 0.387. The Bertz CT molecular complexity index is 554. The van der Waals surface area contributed by atoms with Crippen LogP contribution in [0.1, 0.15) is 33.6 Å². The first-order valence-electron chi connectivity index (χ1n) is 6.91. The molecule has 2 bridgehead atoms. The van der Waals surface area contributed by atoms with E-state index in [1.54, 1.807) is 6.20 Å². The second-order valence-corrected chi connectivity index (χ2v) is 7.01. The standard InChI is InChI=1S/C14H20ClN3O/c1-7-9-4-8(14(9,2)3)5-10(7)17-11-6-16-18-13(19)12(11)15/h6-10H,4-5H2,1-3H3,(H2,17,18,19)/t7-,8+,9+,10+/m0/s1. The molecule has 0 amide bonds. The van der Waals surface area contributed by atoms with Crippen LogP contribution in [0.3, 0.4) is 0 Å². The maximum absolute atomic E-state index is 11.4. The predicted molar refractivity (Wildman–Crippen MR) is 76.4 cm³/mol. The molecule has 4 nitrogen and oxygen atoms in total. The summed E-state index contributed by atoms with van der Waals surface area (Å²) in [6.07, 6.45) is 4.09. The molecule has 2 N–H and O–H groups in total. The predicted octanol–water partition coefficient (Wildman–Crippen LogP) is 2.91. The highest BCUT2D eigenvalue weighted by Gasteiger charge is 2.56. The molecule has 0 aliphatic heterocycles. The van der Waals surface area contributed by atoms with Crippen LogP contribution < -0.4 is 10.9 Å². The Morgan fingerprint density at radius 1 is 1.47 bits per heavy atom. The summed E-state index contributed by atoms with van der Waals surface area (Å²) in [7, 11) is 0. The number of nitrogens with one attached hydrogen (secondary N) is 2. The van der Waals surface area contributed by atoms with Crippen molar-refractivity contribution in [2.45, 2.75) is 39.7 Å². The molecule has 0 radical (unpaired) electrons. The number of aromatic nitrogens is 2. The van der Waals surface area contributed by atoms with E-state index < -0.39 is 0 Å². The SMILES string of the molecule is C[C@H]1[C@H]2C[C@H](C[C@H]1Nc1cn[nH]c(=O)c1Cl)C2(C)C. The van der Waals surface area contributed by atoms with Gasteiger partial charge in [0.25, 0.3) is 5.56 Å². The third-order valence-corrected chi connectivity index (χ3v) is 5.87. The first kappa shape index (κ1) is 13.0. The summed E-state index contributed by atoms with van der Waals surface area (Å²) in [5.41, 5.74) is 0.787. The molecule has 1 aromatic rings. The van der Waals surface area contributed by atoms with Crippen LogP contribution in [0.4, 0.5) is 5.69 Å². The maximum Gasteiger partial charge on any atom is 0.285 e. The van der Waals surface area contributed by atoms with Crippen molar-refractivity contribution in [2.75, 3.05) is 5.32 Å². The fraction of sp³-hybridized carbons (Fsp3) is 0.714. The van der Waals surface area contributed by atoms with Crippen LogP contribution in [-0.2, 0) is 0 Å². The van der Waals surface area contributed by atoms with Crippen molar-refractivity contribution in [3.8, 4) is 0 Å². The lowest BCUT2D eigenvalue weighted by atomic mass is 9.45. The molecule has 3 aliphatic rings. The molecular formula is C14H20ClN3O. The molecule has 4 atom stereocenters. The summed E-state index contributed by atoms with van der Waals surface area (Å²) >= 11 is 6.02. The van der Waals surface area contributed by atoms with Crippen molar-refractivity contribution in [3.05, 3.63) is 21.6 Å². The quantitative estimate of drug-likeness (QED) is 0.876. The average Bonchev–Trinajstić information content (AvgIpc) is 2.36. The van der Waals surface area contributed by atoms with Crippen LogP contribution in [0.5, 0.6) is 0 Å². The molecule has 1 aromatic heterocycles. The van der Waals surface area contributed by atoms with Crippen LogP contribution in [-0.4, -0.2) is 16.2 Å². The highest BCUT2D eigenvalue weighted by molar-refractivity contribution is 6.32. The zero-order valence-electron chi connectivity index (χ0n) is 11.5. The molecule has 3 fully saturated rings. The minimum atomic E-state index is -0.333. The van der Waals surface area contributed by atoms with E-state index in [9.17, 15) is 4.79 Å². The van der Waals surface area contributed by atoms with Gasteiger partial charge in [0.05, 0.1) is 11.9 Å². The second-order valence-electron chi connectivity index (χ2n) is 6.63. The maximum atomic E-state index is 11.4. The van der Waals surface area contributed by atoms with E-state index in [0.29, 0.717) is 23.1 Å². The van der Waals surface area contributed by atoms with Gasteiger partial charge in [0.1, 0.15) is 5.02 Å². The van der Waals surface area contributed by atoms with E-state index >= 15 is 0 Å². The molecule has 0 spiro atoms. The number of fused-ring (bicyclic) bond motifs is 2. The fourth-order valence-electron chi connectivity index (χ4n) is 4.02. The van der Waals surface area contributed by atoms with E-state index in [-0.39, 0.29) is 10.6 Å². The van der Waals surface area contributed by atoms with Gasteiger partial charge in [-0.25, -0.2) is 5.10 Å². The molecule has 5 heteroatoms. The second kappa shape index (κ2) is 4.23. The molecule has 4 rings (SSSR count). The molecule has 0 unspecified atom stereocenters. The van der Waals surface area contributed by atoms with Crippen molar-refractivity contribution in [3.63, 3.8) is 0 Å². The van der Waals surface area contributed by atoms with Crippen molar-refractivity contribution in [1.29, 1.82) is 0 Å². The number of hydrogen-bond donors (Lipinski definition) is 2. The molecule has 19 heavy (non-hydrogen) atoms. The first-order valence-corrected chi connectivity index (χ1v) is 7.28. The van der Waals surface area contributed by atoms with Gasteiger partial charge < -0.3 is 5.32 Å². The van der Waals surface area contributed by atoms with Crippen LogP contribution in [0.15, 0.2) is 11.0 Å². The average molecular weight is 282 g/mol. The number of H-pyrrole nitrogens is 1. The van der Waals surface area contributed by atoms with Crippen molar-refractivity contribution in [1.82, 2.24) is 10.2 Å². The zero-order valence-corrected chi connectivity index (χ0v) is 12.3. The molecule has 1 heterocycles. The Hall–Kier alpha value is -1.03.